The number of thiophene rings is 1. The van der Waals surface area contributed by atoms with Crippen LogP contribution >= 0.6 is 11.3 Å². The topological polar surface area (TPSA) is 78.5 Å². The Morgan fingerprint density at radius 1 is 1.03 bits per heavy atom. The monoisotopic (exact) mass is 443 g/mol. The molecule has 30 heavy (non-hydrogen) atoms. The minimum Gasteiger partial charge on any atom is -0.348 e. The summed E-state index contributed by atoms with van der Waals surface area (Å²) in [6.07, 6.45) is 0. The van der Waals surface area contributed by atoms with E-state index in [1.54, 1.807) is 41.8 Å². The third-order valence-corrected chi connectivity index (χ3v) is 7.37. The summed E-state index contributed by atoms with van der Waals surface area (Å²) >= 11 is 1.15. The van der Waals surface area contributed by atoms with Gasteiger partial charge in [0.25, 0.3) is 15.9 Å². The normalized spacial score (nSPS) is 11.4. The molecule has 0 radical (unpaired) electrons. The maximum atomic E-state index is 12.5. The second-order valence-corrected chi connectivity index (χ2v) is 9.80. The van der Waals surface area contributed by atoms with E-state index >= 15 is 0 Å². The van der Waals surface area contributed by atoms with Crippen molar-refractivity contribution >= 4 is 33.0 Å². The number of nitrogens with one attached hydrogen (secondary N) is 2. The maximum absolute atomic E-state index is 12.5. The highest BCUT2D eigenvalue weighted by molar-refractivity contribution is 7.94. The van der Waals surface area contributed by atoms with Crippen molar-refractivity contribution in [2.24, 2.45) is 0 Å². The molecule has 2 N–H and O–H groups in total. The number of sulfonamides is 1. The van der Waals surface area contributed by atoms with Crippen molar-refractivity contribution in [3.8, 4) is 0 Å². The van der Waals surface area contributed by atoms with E-state index < -0.39 is 10.0 Å². The fourth-order valence-corrected chi connectivity index (χ4v) is 4.91. The van der Waals surface area contributed by atoms with E-state index in [2.05, 4.69) is 41.0 Å². The number of anilines is 1. The summed E-state index contributed by atoms with van der Waals surface area (Å²) in [5.41, 5.74) is 3.11. The average molecular weight is 444 g/mol. The van der Waals surface area contributed by atoms with Crippen LogP contribution in [0.4, 0.5) is 5.69 Å². The number of rotatable bonds is 9. The summed E-state index contributed by atoms with van der Waals surface area (Å²) in [7, 11) is -1.53. The molecular formula is C22H25N3O3S2. The number of amides is 1. The quantitative estimate of drug-likeness (QED) is 0.525. The van der Waals surface area contributed by atoms with Crippen LogP contribution in [0.15, 0.2) is 70.3 Å². The highest BCUT2D eigenvalue weighted by atomic mass is 32.2. The van der Waals surface area contributed by atoms with E-state index in [1.165, 1.54) is 5.56 Å². The summed E-state index contributed by atoms with van der Waals surface area (Å²) in [5, 5.41) is 4.62. The number of hydrogen-bond donors (Lipinski definition) is 2. The number of benzene rings is 2. The van der Waals surface area contributed by atoms with Crippen molar-refractivity contribution in [3.63, 3.8) is 0 Å². The van der Waals surface area contributed by atoms with Crippen LogP contribution in [-0.4, -0.2) is 32.8 Å². The van der Waals surface area contributed by atoms with Crippen molar-refractivity contribution in [2.45, 2.75) is 24.2 Å². The van der Waals surface area contributed by atoms with Crippen molar-refractivity contribution in [3.05, 3.63) is 82.7 Å². The minimum absolute atomic E-state index is 0.209. The molecule has 0 aliphatic rings. The smallest absolute Gasteiger partial charge is 0.271 e. The van der Waals surface area contributed by atoms with Gasteiger partial charge in [0, 0.05) is 24.3 Å². The van der Waals surface area contributed by atoms with Crippen LogP contribution in [0, 0.1) is 0 Å². The highest BCUT2D eigenvalue weighted by Crippen LogP contribution is 2.20. The first-order chi connectivity index (χ1) is 14.4. The van der Waals surface area contributed by atoms with Gasteiger partial charge in [-0.05, 0) is 60.4 Å². The van der Waals surface area contributed by atoms with Crippen LogP contribution in [-0.2, 0) is 23.1 Å². The zero-order valence-electron chi connectivity index (χ0n) is 17.0. The summed E-state index contributed by atoms with van der Waals surface area (Å²) in [6, 6.07) is 17.8. The van der Waals surface area contributed by atoms with Gasteiger partial charge in [0.05, 0.1) is 0 Å². The Morgan fingerprint density at radius 2 is 1.77 bits per heavy atom. The molecular weight excluding hydrogens is 418 g/mol. The first-order valence-corrected chi connectivity index (χ1v) is 11.9. The molecule has 0 fully saturated rings. The Balaban J connectivity index is 1.58. The van der Waals surface area contributed by atoms with Crippen LogP contribution < -0.4 is 10.0 Å². The van der Waals surface area contributed by atoms with Crippen LogP contribution in [0.1, 0.15) is 28.4 Å². The van der Waals surface area contributed by atoms with Gasteiger partial charge in [-0.3, -0.25) is 9.52 Å². The van der Waals surface area contributed by atoms with E-state index in [9.17, 15) is 13.2 Å². The minimum atomic E-state index is -3.60. The van der Waals surface area contributed by atoms with Gasteiger partial charge < -0.3 is 10.2 Å². The van der Waals surface area contributed by atoms with E-state index in [1.807, 2.05) is 12.1 Å². The van der Waals surface area contributed by atoms with Gasteiger partial charge in [0.15, 0.2) is 0 Å². The van der Waals surface area contributed by atoms with Crippen LogP contribution in [0.3, 0.4) is 0 Å². The van der Waals surface area contributed by atoms with Crippen molar-refractivity contribution < 1.29 is 13.2 Å². The highest BCUT2D eigenvalue weighted by Gasteiger charge is 2.15. The Bertz CT molecular complexity index is 1080. The molecule has 8 heteroatoms. The molecule has 6 nitrogen and oxygen atoms in total. The molecule has 0 aliphatic heterocycles. The van der Waals surface area contributed by atoms with Crippen molar-refractivity contribution in [2.75, 3.05) is 18.3 Å². The Hall–Kier alpha value is -2.68. The first-order valence-electron chi connectivity index (χ1n) is 9.58. The molecule has 0 spiro atoms. The Morgan fingerprint density at radius 3 is 2.43 bits per heavy atom. The SMILES string of the molecule is CCN(C)Cc1cccc(CNC(=O)c2ccc(NS(=O)(=O)c3cccs3)cc2)c1. The molecule has 3 aromatic rings. The molecule has 0 saturated carbocycles. The average Bonchev–Trinajstić information content (AvgIpc) is 3.28. The third kappa shape index (κ3) is 5.91. The lowest BCUT2D eigenvalue weighted by molar-refractivity contribution is 0.0951. The second-order valence-electron chi connectivity index (χ2n) is 6.95. The predicted octanol–water partition coefficient (Wildman–Crippen LogP) is 3.93. The van der Waals surface area contributed by atoms with Gasteiger partial charge >= 0.3 is 0 Å². The fourth-order valence-electron chi connectivity index (χ4n) is 2.86. The summed E-state index contributed by atoms with van der Waals surface area (Å²) in [5.74, 6) is -0.209. The van der Waals surface area contributed by atoms with Crippen molar-refractivity contribution in [1.82, 2.24) is 10.2 Å². The van der Waals surface area contributed by atoms with Crippen LogP contribution in [0.2, 0.25) is 0 Å². The summed E-state index contributed by atoms with van der Waals surface area (Å²) in [6.45, 7) is 4.37. The van der Waals surface area contributed by atoms with Gasteiger partial charge in [-0.15, -0.1) is 11.3 Å². The van der Waals surface area contributed by atoms with E-state index in [0.29, 0.717) is 17.8 Å². The first kappa shape index (κ1) is 22.0. The number of carbonyl (C=O) groups is 1. The standard InChI is InChI=1S/C22H25N3O3S2/c1-3-25(2)16-18-7-4-6-17(14-18)15-23-22(26)19-9-11-20(12-10-19)24-30(27,28)21-8-5-13-29-21/h4-14,24H,3,15-16H2,1-2H3,(H,23,26). The summed E-state index contributed by atoms with van der Waals surface area (Å²) < 4.78 is 27.3. The molecule has 0 saturated heterocycles. The van der Waals surface area contributed by atoms with Gasteiger partial charge in [-0.1, -0.05) is 37.3 Å². The van der Waals surface area contributed by atoms with E-state index in [-0.39, 0.29) is 10.1 Å². The molecule has 0 aliphatic carbocycles. The Kier molecular flexibility index (Phi) is 7.25. The van der Waals surface area contributed by atoms with E-state index in [0.717, 1.165) is 30.0 Å². The molecule has 0 unspecified atom stereocenters. The lowest BCUT2D eigenvalue weighted by atomic mass is 10.1. The molecule has 1 amide bonds. The molecule has 0 atom stereocenters. The lowest BCUT2D eigenvalue weighted by Crippen LogP contribution is -2.23. The molecule has 1 aromatic heterocycles. The zero-order valence-corrected chi connectivity index (χ0v) is 18.6. The van der Waals surface area contributed by atoms with Gasteiger partial charge in [-0.2, -0.15) is 0 Å². The van der Waals surface area contributed by atoms with Crippen LogP contribution in [0.5, 0.6) is 0 Å². The number of carbonyl (C=O) groups excluding carboxylic acids is 1. The molecule has 3 rings (SSSR count). The largest absolute Gasteiger partial charge is 0.348 e. The van der Waals surface area contributed by atoms with Gasteiger partial charge in [0.1, 0.15) is 4.21 Å². The fraction of sp³-hybridized carbons (Fsp3) is 0.227. The lowest BCUT2D eigenvalue weighted by Gasteiger charge is -2.14. The van der Waals surface area contributed by atoms with Crippen molar-refractivity contribution in [1.29, 1.82) is 0 Å². The second kappa shape index (κ2) is 9.88. The third-order valence-electron chi connectivity index (χ3n) is 4.60. The zero-order chi connectivity index (χ0) is 21.6. The predicted molar refractivity (Wildman–Crippen MR) is 121 cm³/mol. The molecule has 2 aromatic carbocycles. The molecule has 158 valence electrons. The molecule has 1 heterocycles. The van der Waals surface area contributed by atoms with Gasteiger partial charge in [0.2, 0.25) is 0 Å². The van der Waals surface area contributed by atoms with E-state index in [4.69, 9.17) is 0 Å². The number of hydrogen-bond acceptors (Lipinski definition) is 5. The Labute approximate surface area is 181 Å². The number of nitrogens with zero attached hydrogens (tertiary/aromatic N) is 1. The van der Waals surface area contributed by atoms with Crippen LogP contribution in [0.25, 0.3) is 0 Å². The summed E-state index contributed by atoms with van der Waals surface area (Å²) in [4.78, 5) is 14.7. The maximum Gasteiger partial charge on any atom is 0.271 e. The molecule has 0 bridgehead atoms. The van der Waals surface area contributed by atoms with Gasteiger partial charge in [-0.25, -0.2) is 8.42 Å².